The van der Waals surface area contributed by atoms with Crippen LogP contribution in [0.4, 0.5) is 11.5 Å². The number of hydrogen-bond donors (Lipinski definition) is 0. The van der Waals surface area contributed by atoms with Gasteiger partial charge in [0.05, 0.1) is 10.6 Å². The van der Waals surface area contributed by atoms with Crippen LogP contribution >= 0.6 is 0 Å². The zero-order valence-corrected chi connectivity index (χ0v) is 21.5. The Labute approximate surface area is 212 Å². The molecule has 0 spiro atoms. The third-order valence-electron chi connectivity index (χ3n) is 7.06. The number of carbonyl (C=O) groups excluding carboxylic acids is 1. The van der Waals surface area contributed by atoms with E-state index >= 15 is 0 Å². The molecule has 5 rings (SSSR count). The highest BCUT2D eigenvalue weighted by Gasteiger charge is 2.30. The minimum absolute atomic E-state index is 0.0202. The van der Waals surface area contributed by atoms with Gasteiger partial charge < -0.3 is 9.80 Å². The third-order valence-corrected chi connectivity index (χ3v) is 8.95. The number of amides is 1. The second-order valence-electron chi connectivity index (χ2n) is 9.28. The van der Waals surface area contributed by atoms with Crippen LogP contribution in [0.1, 0.15) is 31.4 Å². The fourth-order valence-electron chi connectivity index (χ4n) is 4.93. The highest BCUT2D eigenvalue weighted by atomic mass is 32.2. The van der Waals surface area contributed by atoms with Gasteiger partial charge in [0.1, 0.15) is 0 Å². The number of aryl methyl sites for hydroxylation is 2. The Balaban J connectivity index is 1.26. The molecule has 8 nitrogen and oxygen atoms in total. The molecule has 2 aliphatic heterocycles. The van der Waals surface area contributed by atoms with Crippen molar-refractivity contribution in [3.05, 3.63) is 65.7 Å². The summed E-state index contributed by atoms with van der Waals surface area (Å²) in [4.78, 5) is 16.0. The lowest BCUT2D eigenvalue weighted by Crippen LogP contribution is -2.49. The zero-order valence-electron chi connectivity index (χ0n) is 20.7. The third kappa shape index (κ3) is 4.73. The highest BCUT2D eigenvalue weighted by Crippen LogP contribution is 2.31. The molecule has 0 saturated carbocycles. The van der Waals surface area contributed by atoms with Gasteiger partial charge >= 0.3 is 0 Å². The molecule has 2 aliphatic rings. The molecule has 0 N–H and O–H groups in total. The van der Waals surface area contributed by atoms with Crippen LogP contribution in [0.3, 0.4) is 0 Å². The molecule has 1 aromatic heterocycles. The summed E-state index contributed by atoms with van der Waals surface area (Å²) >= 11 is 0. The Morgan fingerprint density at radius 1 is 0.917 bits per heavy atom. The Kier molecular flexibility index (Phi) is 6.77. The summed E-state index contributed by atoms with van der Waals surface area (Å²) in [5.74, 6) is 0.729. The molecule has 1 amide bonds. The summed E-state index contributed by atoms with van der Waals surface area (Å²) in [6, 6.07) is 17.4. The number of benzene rings is 2. The van der Waals surface area contributed by atoms with Crippen molar-refractivity contribution in [2.45, 2.75) is 38.0 Å². The number of anilines is 2. The van der Waals surface area contributed by atoms with Crippen LogP contribution in [0, 0.1) is 0 Å². The maximum Gasteiger partial charge on any atom is 0.243 e. The Bertz CT molecular complexity index is 1350. The van der Waals surface area contributed by atoms with Gasteiger partial charge in [-0.25, -0.2) is 8.42 Å². The van der Waals surface area contributed by atoms with E-state index in [1.54, 1.807) is 30.0 Å². The van der Waals surface area contributed by atoms with Crippen molar-refractivity contribution in [2.24, 2.45) is 0 Å². The van der Waals surface area contributed by atoms with Gasteiger partial charge in [-0.2, -0.15) is 4.31 Å². The van der Waals surface area contributed by atoms with Gasteiger partial charge in [-0.3, -0.25) is 4.79 Å². The molecule has 188 valence electrons. The first-order chi connectivity index (χ1) is 17.4. The molecule has 1 fully saturated rings. The summed E-state index contributed by atoms with van der Waals surface area (Å²) < 4.78 is 28.3. The molecule has 3 aromatic rings. The van der Waals surface area contributed by atoms with Crippen LogP contribution in [-0.4, -0.2) is 61.6 Å². The van der Waals surface area contributed by atoms with E-state index in [4.69, 9.17) is 0 Å². The number of carbonyl (C=O) groups is 1. The van der Waals surface area contributed by atoms with Crippen molar-refractivity contribution in [2.75, 3.05) is 42.5 Å². The molecule has 1 saturated heterocycles. The van der Waals surface area contributed by atoms with Crippen molar-refractivity contribution in [1.82, 2.24) is 14.5 Å². The van der Waals surface area contributed by atoms with Crippen LogP contribution in [0.15, 0.2) is 59.5 Å². The Hall–Kier alpha value is -3.30. The molecule has 0 unspecified atom stereocenters. The zero-order chi connectivity index (χ0) is 25.3. The lowest BCUT2D eigenvalue weighted by Gasteiger charge is -2.35. The molecule has 2 aromatic carbocycles. The number of nitrogens with zero attached hydrogens (tertiary/aromatic N) is 5. The first-order valence-electron chi connectivity index (χ1n) is 12.5. The normalized spacial score (nSPS) is 16.6. The van der Waals surface area contributed by atoms with Gasteiger partial charge in [-0.15, -0.1) is 10.2 Å². The van der Waals surface area contributed by atoms with Crippen molar-refractivity contribution in [1.29, 1.82) is 0 Å². The number of piperazine rings is 1. The molecule has 3 heterocycles. The first-order valence-corrected chi connectivity index (χ1v) is 13.9. The molecule has 0 atom stereocenters. The predicted octanol–water partition coefficient (Wildman–Crippen LogP) is 3.52. The topological polar surface area (TPSA) is 86.7 Å². The van der Waals surface area contributed by atoms with E-state index in [1.165, 1.54) is 9.87 Å². The molecule has 0 aliphatic carbocycles. The van der Waals surface area contributed by atoms with Gasteiger partial charge in [0, 0.05) is 50.9 Å². The average Bonchev–Trinajstić information content (AvgIpc) is 2.92. The van der Waals surface area contributed by atoms with Crippen molar-refractivity contribution < 1.29 is 13.2 Å². The summed E-state index contributed by atoms with van der Waals surface area (Å²) in [5.41, 5.74) is 4.86. The molecule has 9 heteroatoms. The van der Waals surface area contributed by atoms with E-state index in [1.807, 2.05) is 12.1 Å². The van der Waals surface area contributed by atoms with Crippen molar-refractivity contribution in [3.63, 3.8) is 0 Å². The van der Waals surface area contributed by atoms with Gasteiger partial charge in [-0.1, -0.05) is 31.2 Å². The SMILES string of the molecule is CCc1ccc(-c2ccc(N3CCN(S(=O)(=O)c4ccc5c(c4)CCCN5C(C)=O)CC3)nn2)cc1. The van der Waals surface area contributed by atoms with Gasteiger partial charge in [0.2, 0.25) is 15.9 Å². The number of sulfonamides is 1. The molecule has 0 radical (unpaired) electrons. The van der Waals surface area contributed by atoms with E-state index in [0.29, 0.717) is 37.6 Å². The van der Waals surface area contributed by atoms with E-state index in [0.717, 1.165) is 47.6 Å². The second-order valence-corrected chi connectivity index (χ2v) is 11.2. The van der Waals surface area contributed by atoms with Crippen molar-refractivity contribution in [3.8, 4) is 11.3 Å². The number of fused-ring (bicyclic) bond motifs is 1. The van der Waals surface area contributed by atoms with Crippen LogP contribution < -0.4 is 9.80 Å². The quantitative estimate of drug-likeness (QED) is 0.527. The molecular formula is C27H31N5O3S. The number of rotatable bonds is 5. The highest BCUT2D eigenvalue weighted by molar-refractivity contribution is 7.89. The standard InChI is InChI=1S/C27H31N5O3S/c1-3-21-6-8-22(9-7-21)25-11-13-27(29-28-25)30-15-17-31(18-16-30)36(34,35)24-10-12-26-23(19-24)5-4-14-32(26)20(2)33/h6-13,19H,3-5,14-18H2,1-2H3. The number of aromatic nitrogens is 2. The van der Waals surface area contributed by atoms with E-state index < -0.39 is 10.0 Å². The minimum Gasteiger partial charge on any atom is -0.352 e. The van der Waals surface area contributed by atoms with Crippen LogP contribution in [0.5, 0.6) is 0 Å². The van der Waals surface area contributed by atoms with Crippen LogP contribution in [-0.2, 0) is 27.7 Å². The predicted molar refractivity (Wildman–Crippen MR) is 141 cm³/mol. The smallest absolute Gasteiger partial charge is 0.243 e. The average molecular weight is 506 g/mol. The molecule has 0 bridgehead atoms. The summed E-state index contributed by atoms with van der Waals surface area (Å²) in [7, 11) is -3.62. The first kappa shape index (κ1) is 24.4. The number of hydrogen-bond acceptors (Lipinski definition) is 6. The second kappa shape index (κ2) is 9.99. The van der Waals surface area contributed by atoms with Gasteiger partial charge in [0.15, 0.2) is 5.82 Å². The van der Waals surface area contributed by atoms with Crippen LogP contribution in [0.25, 0.3) is 11.3 Å². The van der Waals surface area contributed by atoms with Crippen molar-refractivity contribution >= 4 is 27.4 Å². The fraction of sp³-hybridized carbons (Fsp3) is 0.370. The molecular weight excluding hydrogens is 474 g/mol. The van der Waals surface area contributed by atoms with Gasteiger partial charge in [0.25, 0.3) is 0 Å². The maximum absolute atomic E-state index is 13.4. The lowest BCUT2D eigenvalue weighted by molar-refractivity contribution is -0.116. The monoisotopic (exact) mass is 505 g/mol. The lowest BCUT2D eigenvalue weighted by atomic mass is 10.0. The largest absolute Gasteiger partial charge is 0.352 e. The van der Waals surface area contributed by atoms with E-state index in [2.05, 4.69) is 46.3 Å². The Morgan fingerprint density at radius 2 is 1.67 bits per heavy atom. The fourth-order valence-corrected chi connectivity index (χ4v) is 6.40. The van der Waals surface area contributed by atoms with E-state index in [-0.39, 0.29) is 5.91 Å². The van der Waals surface area contributed by atoms with E-state index in [9.17, 15) is 13.2 Å². The summed E-state index contributed by atoms with van der Waals surface area (Å²) in [6.07, 6.45) is 2.60. The Morgan fingerprint density at radius 3 is 2.31 bits per heavy atom. The van der Waals surface area contributed by atoms with Gasteiger partial charge in [-0.05, 0) is 60.7 Å². The maximum atomic E-state index is 13.4. The summed E-state index contributed by atoms with van der Waals surface area (Å²) in [5, 5.41) is 8.81. The van der Waals surface area contributed by atoms with Crippen LogP contribution in [0.2, 0.25) is 0 Å². The minimum atomic E-state index is -3.62. The summed E-state index contributed by atoms with van der Waals surface area (Å²) in [6.45, 7) is 6.18. The molecule has 36 heavy (non-hydrogen) atoms.